The highest BCUT2D eigenvalue weighted by Gasteiger charge is 2.21. The zero-order valence-electron chi connectivity index (χ0n) is 10.3. The van der Waals surface area contributed by atoms with Crippen molar-refractivity contribution in [1.29, 1.82) is 0 Å². The van der Waals surface area contributed by atoms with Crippen LogP contribution in [-0.4, -0.2) is 13.1 Å². The molecule has 17 heavy (non-hydrogen) atoms. The number of hydrogen-bond donors (Lipinski definition) is 0. The van der Waals surface area contributed by atoms with Crippen LogP contribution in [0.15, 0.2) is 18.2 Å². The first-order valence-electron chi connectivity index (χ1n) is 6.34. The summed E-state index contributed by atoms with van der Waals surface area (Å²) in [5.41, 5.74) is 1.86. The van der Waals surface area contributed by atoms with Gasteiger partial charge in [0.1, 0.15) is 5.82 Å². The molecule has 1 aliphatic heterocycles. The molecular weight excluding hydrogens is 281 g/mol. The van der Waals surface area contributed by atoms with E-state index >= 15 is 0 Å². The molecule has 1 aromatic carbocycles. The molecule has 94 valence electrons. The Hall–Kier alpha value is -0.570. The average molecular weight is 300 g/mol. The van der Waals surface area contributed by atoms with E-state index in [4.69, 9.17) is 0 Å². The van der Waals surface area contributed by atoms with E-state index in [1.165, 1.54) is 19.3 Å². The van der Waals surface area contributed by atoms with Crippen LogP contribution in [0.1, 0.15) is 31.7 Å². The molecule has 1 aromatic rings. The Kier molecular flexibility index (Phi) is 4.43. The van der Waals surface area contributed by atoms with Crippen LogP contribution in [0, 0.1) is 11.7 Å². The average Bonchev–Trinajstić information content (AvgIpc) is 2.38. The summed E-state index contributed by atoms with van der Waals surface area (Å²) >= 11 is 3.44. The second-order valence-electron chi connectivity index (χ2n) is 4.72. The van der Waals surface area contributed by atoms with Gasteiger partial charge in [-0.05, 0) is 30.4 Å². The molecule has 0 bridgehead atoms. The predicted molar refractivity (Wildman–Crippen MR) is 74.3 cm³/mol. The van der Waals surface area contributed by atoms with Crippen LogP contribution in [0.25, 0.3) is 0 Å². The summed E-state index contributed by atoms with van der Waals surface area (Å²) in [6.07, 6.45) is 3.62. The van der Waals surface area contributed by atoms with Gasteiger partial charge in [0.2, 0.25) is 0 Å². The second kappa shape index (κ2) is 5.85. The lowest BCUT2D eigenvalue weighted by atomic mass is 9.94. The van der Waals surface area contributed by atoms with Gasteiger partial charge in [-0.25, -0.2) is 4.39 Å². The van der Waals surface area contributed by atoms with E-state index < -0.39 is 0 Å². The number of halogens is 2. The number of hydrogen-bond acceptors (Lipinski definition) is 1. The molecule has 0 N–H and O–H groups in total. The van der Waals surface area contributed by atoms with E-state index in [0.717, 1.165) is 30.3 Å². The Bertz CT molecular complexity index is 372. The molecule has 0 amide bonds. The summed E-state index contributed by atoms with van der Waals surface area (Å²) in [5.74, 6) is 0.738. The third kappa shape index (κ3) is 2.82. The summed E-state index contributed by atoms with van der Waals surface area (Å²) in [5, 5.41) is 0.716. The molecule has 0 spiro atoms. The molecule has 0 aromatic heterocycles. The summed E-state index contributed by atoms with van der Waals surface area (Å²) in [7, 11) is 0. The maximum atomic E-state index is 13.9. The largest absolute Gasteiger partial charge is 0.369 e. The van der Waals surface area contributed by atoms with Gasteiger partial charge in [0.05, 0.1) is 5.69 Å². The first-order valence-corrected chi connectivity index (χ1v) is 7.46. The molecular formula is C14H19BrFN. The van der Waals surface area contributed by atoms with Gasteiger partial charge in [-0.2, -0.15) is 0 Å². The number of benzene rings is 1. The van der Waals surface area contributed by atoms with E-state index in [1.807, 2.05) is 6.07 Å². The van der Waals surface area contributed by atoms with Crippen LogP contribution in [0.2, 0.25) is 0 Å². The highest BCUT2D eigenvalue weighted by atomic mass is 79.9. The van der Waals surface area contributed by atoms with E-state index in [1.54, 1.807) is 12.1 Å². The lowest BCUT2D eigenvalue weighted by molar-refractivity contribution is 0.392. The van der Waals surface area contributed by atoms with Crippen molar-refractivity contribution in [2.75, 3.05) is 18.0 Å². The molecule has 3 heteroatoms. The molecule has 0 saturated carbocycles. The van der Waals surface area contributed by atoms with Crippen LogP contribution in [-0.2, 0) is 5.33 Å². The standard InChI is InChI=1S/C14H19BrFN/c1-2-11-6-8-17(9-7-11)14-12(10-15)4-3-5-13(14)16/h3-5,11H,2,6-10H2,1H3. The van der Waals surface area contributed by atoms with Crippen molar-refractivity contribution >= 4 is 21.6 Å². The van der Waals surface area contributed by atoms with Crippen molar-refractivity contribution in [2.24, 2.45) is 5.92 Å². The topological polar surface area (TPSA) is 3.24 Å². The summed E-state index contributed by atoms with van der Waals surface area (Å²) in [6.45, 7) is 4.21. The Morgan fingerprint density at radius 3 is 2.65 bits per heavy atom. The zero-order chi connectivity index (χ0) is 12.3. The maximum absolute atomic E-state index is 13.9. The normalized spacial score (nSPS) is 17.5. The first-order chi connectivity index (χ1) is 8.26. The first kappa shape index (κ1) is 12.9. The van der Waals surface area contributed by atoms with Crippen LogP contribution in [0.5, 0.6) is 0 Å². The highest BCUT2D eigenvalue weighted by Crippen LogP contribution is 2.30. The van der Waals surface area contributed by atoms with Gasteiger partial charge in [0, 0.05) is 18.4 Å². The number of piperidine rings is 1. The van der Waals surface area contributed by atoms with Gasteiger partial charge in [0.25, 0.3) is 0 Å². The van der Waals surface area contributed by atoms with Gasteiger partial charge in [-0.1, -0.05) is 41.4 Å². The lowest BCUT2D eigenvalue weighted by Crippen LogP contribution is -2.34. The number of alkyl halides is 1. The second-order valence-corrected chi connectivity index (χ2v) is 5.28. The smallest absolute Gasteiger partial charge is 0.146 e. The fraction of sp³-hybridized carbons (Fsp3) is 0.571. The molecule has 0 radical (unpaired) electrons. The third-order valence-electron chi connectivity index (χ3n) is 3.72. The zero-order valence-corrected chi connectivity index (χ0v) is 11.8. The molecule has 1 heterocycles. The minimum absolute atomic E-state index is 0.0862. The maximum Gasteiger partial charge on any atom is 0.146 e. The highest BCUT2D eigenvalue weighted by molar-refractivity contribution is 9.08. The summed E-state index contributed by atoms with van der Waals surface area (Å²) in [6, 6.07) is 5.35. The fourth-order valence-electron chi connectivity index (χ4n) is 2.59. The molecule has 2 rings (SSSR count). The number of rotatable bonds is 3. The predicted octanol–water partition coefficient (Wildman–Crippen LogP) is 4.35. The van der Waals surface area contributed by atoms with Crippen molar-refractivity contribution in [3.63, 3.8) is 0 Å². The van der Waals surface area contributed by atoms with E-state index in [-0.39, 0.29) is 5.82 Å². The van der Waals surface area contributed by atoms with Crippen molar-refractivity contribution in [2.45, 2.75) is 31.5 Å². The Balaban J connectivity index is 2.17. The molecule has 0 atom stereocenters. The van der Waals surface area contributed by atoms with E-state index in [2.05, 4.69) is 27.8 Å². The van der Waals surface area contributed by atoms with Gasteiger partial charge in [-0.15, -0.1) is 0 Å². The minimum Gasteiger partial charge on any atom is -0.369 e. The molecule has 1 fully saturated rings. The number of nitrogens with zero attached hydrogens (tertiary/aromatic N) is 1. The Labute approximate surface area is 111 Å². The number of para-hydroxylation sites is 1. The Morgan fingerprint density at radius 2 is 2.06 bits per heavy atom. The van der Waals surface area contributed by atoms with Gasteiger partial charge < -0.3 is 4.90 Å². The van der Waals surface area contributed by atoms with Crippen molar-refractivity contribution in [3.05, 3.63) is 29.6 Å². The molecule has 1 aliphatic rings. The quantitative estimate of drug-likeness (QED) is 0.750. The van der Waals surface area contributed by atoms with Crippen LogP contribution < -0.4 is 4.90 Å². The fourth-order valence-corrected chi connectivity index (χ4v) is 3.04. The van der Waals surface area contributed by atoms with Gasteiger partial charge in [-0.3, -0.25) is 0 Å². The summed E-state index contributed by atoms with van der Waals surface area (Å²) in [4.78, 5) is 2.21. The van der Waals surface area contributed by atoms with E-state index in [0.29, 0.717) is 5.33 Å². The van der Waals surface area contributed by atoms with Crippen molar-refractivity contribution in [1.82, 2.24) is 0 Å². The van der Waals surface area contributed by atoms with Gasteiger partial charge in [0.15, 0.2) is 0 Å². The van der Waals surface area contributed by atoms with Crippen LogP contribution in [0.4, 0.5) is 10.1 Å². The molecule has 1 nitrogen and oxygen atoms in total. The third-order valence-corrected chi connectivity index (χ3v) is 4.33. The lowest BCUT2D eigenvalue weighted by Gasteiger charge is -2.34. The molecule has 0 aliphatic carbocycles. The SMILES string of the molecule is CCC1CCN(c2c(F)cccc2CBr)CC1. The van der Waals surface area contributed by atoms with Crippen molar-refractivity contribution < 1.29 is 4.39 Å². The minimum atomic E-state index is -0.0862. The summed E-state index contributed by atoms with van der Waals surface area (Å²) < 4.78 is 13.9. The number of anilines is 1. The molecule has 0 unspecified atom stereocenters. The molecule has 1 saturated heterocycles. The van der Waals surface area contributed by atoms with Gasteiger partial charge >= 0.3 is 0 Å². The monoisotopic (exact) mass is 299 g/mol. The van der Waals surface area contributed by atoms with E-state index in [9.17, 15) is 4.39 Å². The van der Waals surface area contributed by atoms with Crippen LogP contribution >= 0.6 is 15.9 Å². The van der Waals surface area contributed by atoms with Crippen molar-refractivity contribution in [3.8, 4) is 0 Å². The van der Waals surface area contributed by atoms with Crippen LogP contribution in [0.3, 0.4) is 0 Å². The Morgan fingerprint density at radius 1 is 1.35 bits per heavy atom.